The number of piperidine rings is 1. The molecule has 1 amide bonds. The van der Waals surface area contributed by atoms with E-state index in [4.69, 9.17) is 4.42 Å². The summed E-state index contributed by atoms with van der Waals surface area (Å²) in [6.45, 7) is 5.18. The third-order valence-electron chi connectivity index (χ3n) is 4.46. The average molecular weight is 347 g/mol. The van der Waals surface area contributed by atoms with Crippen LogP contribution in [-0.2, 0) is 11.0 Å². The Labute approximate surface area is 139 Å². The van der Waals surface area contributed by atoms with Crippen molar-refractivity contribution in [2.24, 2.45) is 5.92 Å². The predicted octanol–water partition coefficient (Wildman–Crippen LogP) is 4.01. The van der Waals surface area contributed by atoms with Crippen molar-refractivity contribution in [2.45, 2.75) is 64.5 Å². The molecule has 0 atom stereocenters. The second-order valence-electron chi connectivity index (χ2n) is 6.32. The number of alkyl halides is 3. The van der Waals surface area contributed by atoms with E-state index < -0.39 is 12.1 Å². The molecule has 1 aliphatic rings. The first-order valence-electron chi connectivity index (χ1n) is 8.56. The number of carbonyl (C=O) groups excluding carboxylic acids is 1. The molecule has 0 saturated carbocycles. The molecule has 2 rings (SSSR count). The maximum atomic E-state index is 12.6. The van der Waals surface area contributed by atoms with Gasteiger partial charge in [0.25, 0.3) is 0 Å². The summed E-state index contributed by atoms with van der Waals surface area (Å²) in [5.74, 6) is -1.28. The molecular formula is C16H24F3N3O2. The number of aromatic nitrogens is 2. The molecule has 2 heterocycles. The number of rotatable bonds is 6. The first kappa shape index (κ1) is 18.7. The fraction of sp³-hybridized carbons (Fsp3) is 0.812. The van der Waals surface area contributed by atoms with E-state index in [-0.39, 0.29) is 23.6 Å². The van der Waals surface area contributed by atoms with Gasteiger partial charge in [0.2, 0.25) is 11.8 Å². The monoisotopic (exact) mass is 347 g/mol. The van der Waals surface area contributed by atoms with E-state index in [1.54, 1.807) is 0 Å². The Morgan fingerprint density at radius 2 is 1.79 bits per heavy atom. The number of amides is 1. The van der Waals surface area contributed by atoms with Gasteiger partial charge in [-0.25, -0.2) is 0 Å². The van der Waals surface area contributed by atoms with Crippen LogP contribution in [0.15, 0.2) is 4.42 Å². The molecule has 8 heteroatoms. The Hall–Kier alpha value is -1.60. The van der Waals surface area contributed by atoms with Crippen molar-refractivity contribution in [1.29, 1.82) is 0 Å². The molecule has 1 fully saturated rings. The predicted molar refractivity (Wildman–Crippen MR) is 81.2 cm³/mol. The highest BCUT2D eigenvalue weighted by molar-refractivity contribution is 5.78. The summed E-state index contributed by atoms with van der Waals surface area (Å²) < 4.78 is 42.3. The lowest BCUT2D eigenvalue weighted by Crippen LogP contribution is -2.41. The van der Waals surface area contributed by atoms with Crippen LogP contribution < -0.4 is 0 Å². The van der Waals surface area contributed by atoms with Gasteiger partial charge in [-0.1, -0.05) is 26.7 Å². The minimum absolute atomic E-state index is 0.0214. The third kappa shape index (κ3) is 4.48. The Balaban J connectivity index is 1.93. The molecule has 1 aliphatic heterocycles. The van der Waals surface area contributed by atoms with Gasteiger partial charge in [-0.05, 0) is 25.7 Å². The van der Waals surface area contributed by atoms with Crippen LogP contribution in [0.3, 0.4) is 0 Å². The van der Waals surface area contributed by atoms with E-state index in [1.165, 1.54) is 0 Å². The molecule has 0 N–H and O–H groups in total. The van der Waals surface area contributed by atoms with Gasteiger partial charge in [0.1, 0.15) is 0 Å². The number of hydrogen-bond donors (Lipinski definition) is 0. The molecule has 0 unspecified atom stereocenters. The van der Waals surface area contributed by atoms with Gasteiger partial charge in [0.05, 0.1) is 0 Å². The summed E-state index contributed by atoms with van der Waals surface area (Å²) in [7, 11) is 0. The smallest absolute Gasteiger partial charge is 0.417 e. The van der Waals surface area contributed by atoms with E-state index >= 15 is 0 Å². The van der Waals surface area contributed by atoms with Crippen LogP contribution in [0.2, 0.25) is 0 Å². The number of likely N-dealkylation sites (tertiary alicyclic amines) is 1. The largest absolute Gasteiger partial charge is 0.470 e. The number of carbonyl (C=O) groups is 1. The van der Waals surface area contributed by atoms with Gasteiger partial charge in [0, 0.05) is 24.9 Å². The second-order valence-corrected chi connectivity index (χ2v) is 6.32. The van der Waals surface area contributed by atoms with Gasteiger partial charge in [-0.2, -0.15) is 13.2 Å². The normalized spacial score (nSPS) is 16.8. The first-order valence-corrected chi connectivity index (χ1v) is 8.56. The zero-order valence-corrected chi connectivity index (χ0v) is 14.1. The van der Waals surface area contributed by atoms with Crippen LogP contribution in [0, 0.1) is 5.92 Å². The van der Waals surface area contributed by atoms with Crippen LogP contribution in [0.25, 0.3) is 0 Å². The molecule has 0 radical (unpaired) electrons. The highest BCUT2D eigenvalue weighted by Gasteiger charge is 2.39. The molecule has 1 saturated heterocycles. The van der Waals surface area contributed by atoms with Gasteiger partial charge in [0.15, 0.2) is 0 Å². The number of halogens is 3. The van der Waals surface area contributed by atoms with E-state index in [0.29, 0.717) is 25.9 Å². The Morgan fingerprint density at radius 3 is 2.25 bits per heavy atom. The highest BCUT2D eigenvalue weighted by atomic mass is 19.4. The SMILES string of the molecule is CCCC(CCC)C(=O)N1CCC(c2nnc(C(F)(F)F)o2)CC1. The minimum Gasteiger partial charge on any atom is -0.417 e. The van der Waals surface area contributed by atoms with Crippen molar-refractivity contribution >= 4 is 5.91 Å². The molecule has 0 aromatic carbocycles. The molecule has 136 valence electrons. The molecule has 0 spiro atoms. The Bertz CT molecular complexity index is 531. The van der Waals surface area contributed by atoms with Gasteiger partial charge in [-0.15, -0.1) is 10.2 Å². The maximum Gasteiger partial charge on any atom is 0.470 e. The summed E-state index contributed by atoms with van der Waals surface area (Å²) in [6, 6.07) is 0. The van der Waals surface area contributed by atoms with Crippen LogP contribution in [0.4, 0.5) is 13.2 Å². The van der Waals surface area contributed by atoms with Crippen LogP contribution >= 0.6 is 0 Å². The molecule has 5 nitrogen and oxygen atoms in total. The van der Waals surface area contributed by atoms with Gasteiger partial charge in [-0.3, -0.25) is 4.79 Å². The van der Waals surface area contributed by atoms with Crippen molar-refractivity contribution < 1.29 is 22.4 Å². The van der Waals surface area contributed by atoms with Crippen LogP contribution in [0.1, 0.15) is 70.1 Å². The summed E-state index contributed by atoms with van der Waals surface area (Å²) in [5.41, 5.74) is 0. The summed E-state index contributed by atoms with van der Waals surface area (Å²) in [4.78, 5) is 14.4. The lowest BCUT2D eigenvalue weighted by molar-refractivity contribution is -0.157. The van der Waals surface area contributed by atoms with E-state index in [2.05, 4.69) is 24.0 Å². The Morgan fingerprint density at radius 1 is 1.21 bits per heavy atom. The lowest BCUT2D eigenvalue weighted by Gasteiger charge is -2.33. The first-order chi connectivity index (χ1) is 11.4. The molecular weight excluding hydrogens is 323 g/mol. The van der Waals surface area contributed by atoms with E-state index in [0.717, 1.165) is 25.7 Å². The zero-order valence-electron chi connectivity index (χ0n) is 14.1. The van der Waals surface area contributed by atoms with Crippen molar-refractivity contribution in [3.8, 4) is 0 Å². The highest BCUT2D eigenvalue weighted by Crippen LogP contribution is 2.33. The molecule has 0 aliphatic carbocycles. The fourth-order valence-corrected chi connectivity index (χ4v) is 3.21. The summed E-state index contributed by atoms with van der Waals surface area (Å²) in [5, 5.41) is 6.60. The van der Waals surface area contributed by atoms with Crippen molar-refractivity contribution in [3.63, 3.8) is 0 Å². The summed E-state index contributed by atoms with van der Waals surface area (Å²) >= 11 is 0. The van der Waals surface area contributed by atoms with E-state index in [1.807, 2.05) is 4.90 Å². The zero-order chi connectivity index (χ0) is 17.7. The lowest BCUT2D eigenvalue weighted by atomic mass is 9.92. The third-order valence-corrected chi connectivity index (χ3v) is 4.46. The van der Waals surface area contributed by atoms with Crippen molar-refractivity contribution in [3.05, 3.63) is 11.8 Å². The van der Waals surface area contributed by atoms with Gasteiger partial charge >= 0.3 is 12.1 Å². The molecule has 1 aromatic rings. The van der Waals surface area contributed by atoms with Gasteiger partial charge < -0.3 is 9.32 Å². The number of hydrogen-bond acceptors (Lipinski definition) is 4. The Kier molecular flexibility index (Phi) is 6.23. The average Bonchev–Trinajstić information content (AvgIpc) is 3.04. The maximum absolute atomic E-state index is 12.6. The van der Waals surface area contributed by atoms with E-state index in [9.17, 15) is 18.0 Å². The fourth-order valence-electron chi connectivity index (χ4n) is 3.21. The quantitative estimate of drug-likeness (QED) is 0.780. The second kappa shape index (κ2) is 7.98. The van der Waals surface area contributed by atoms with Crippen molar-refractivity contribution in [1.82, 2.24) is 15.1 Å². The number of nitrogens with zero attached hydrogens (tertiary/aromatic N) is 3. The van der Waals surface area contributed by atoms with Crippen LogP contribution in [-0.4, -0.2) is 34.1 Å². The van der Waals surface area contributed by atoms with Crippen LogP contribution in [0.5, 0.6) is 0 Å². The topological polar surface area (TPSA) is 59.2 Å². The van der Waals surface area contributed by atoms with Crippen molar-refractivity contribution in [2.75, 3.05) is 13.1 Å². The summed E-state index contributed by atoms with van der Waals surface area (Å²) in [6.07, 6.45) is 0.183. The molecule has 1 aromatic heterocycles. The minimum atomic E-state index is -4.62. The molecule has 0 bridgehead atoms. The standard InChI is InChI=1S/C16H24F3N3O2/c1-3-5-12(6-4-2)14(23)22-9-7-11(8-10-22)13-20-21-15(24-13)16(17,18)19/h11-12H,3-10H2,1-2H3. The molecule has 24 heavy (non-hydrogen) atoms.